The minimum absolute atomic E-state index is 0.158. The van der Waals surface area contributed by atoms with E-state index < -0.39 is 0 Å². The zero-order valence-corrected chi connectivity index (χ0v) is 10.4. The second-order valence-corrected chi connectivity index (χ2v) is 4.18. The summed E-state index contributed by atoms with van der Waals surface area (Å²) in [5, 5.41) is 6.38. The lowest BCUT2D eigenvalue weighted by molar-refractivity contribution is 0.577. The van der Waals surface area contributed by atoms with Crippen LogP contribution in [0.5, 0.6) is 0 Å². The first kappa shape index (κ1) is 12.6. The van der Waals surface area contributed by atoms with Crippen LogP contribution in [0.4, 0.5) is 4.39 Å². The Hall–Kier alpha value is -0.450. The molecule has 2 N–H and O–H groups in total. The highest BCUT2D eigenvalue weighted by Crippen LogP contribution is 2.15. The van der Waals surface area contributed by atoms with Crippen LogP contribution < -0.4 is 10.6 Å². The maximum atomic E-state index is 13.3. The van der Waals surface area contributed by atoms with Crippen LogP contribution in [0.15, 0.2) is 22.7 Å². The molecule has 0 radical (unpaired) electrons. The van der Waals surface area contributed by atoms with Crippen molar-refractivity contribution in [2.75, 3.05) is 19.6 Å². The van der Waals surface area contributed by atoms with Crippen molar-refractivity contribution in [2.45, 2.75) is 13.5 Å². The predicted octanol–water partition coefficient (Wildman–Crippen LogP) is 2.29. The zero-order chi connectivity index (χ0) is 11.1. The van der Waals surface area contributed by atoms with E-state index in [2.05, 4.69) is 33.5 Å². The molecule has 2 nitrogen and oxygen atoms in total. The fraction of sp³-hybridized carbons (Fsp3) is 0.455. The molecule has 0 saturated heterocycles. The summed E-state index contributed by atoms with van der Waals surface area (Å²) in [5.74, 6) is -0.158. The van der Waals surface area contributed by atoms with Crippen LogP contribution in [0.3, 0.4) is 0 Å². The molecule has 0 aliphatic rings. The van der Waals surface area contributed by atoms with Crippen molar-refractivity contribution >= 4 is 15.9 Å². The third-order valence-corrected chi connectivity index (χ3v) is 2.55. The Balaban J connectivity index is 2.33. The van der Waals surface area contributed by atoms with Crippen molar-refractivity contribution in [1.82, 2.24) is 10.6 Å². The smallest absolute Gasteiger partial charge is 0.127 e. The Morgan fingerprint density at radius 1 is 1.27 bits per heavy atom. The van der Waals surface area contributed by atoms with Gasteiger partial charge in [-0.1, -0.05) is 22.9 Å². The van der Waals surface area contributed by atoms with E-state index in [-0.39, 0.29) is 5.82 Å². The van der Waals surface area contributed by atoms with E-state index in [1.165, 1.54) is 6.07 Å². The average Bonchev–Trinajstić information content (AvgIpc) is 2.23. The van der Waals surface area contributed by atoms with Gasteiger partial charge in [0.25, 0.3) is 0 Å². The number of nitrogens with one attached hydrogen (secondary N) is 2. The summed E-state index contributed by atoms with van der Waals surface area (Å²) in [4.78, 5) is 0. The molecule has 0 spiro atoms. The van der Waals surface area contributed by atoms with Crippen molar-refractivity contribution in [3.05, 3.63) is 34.1 Å². The molecule has 0 atom stereocenters. The largest absolute Gasteiger partial charge is 0.316 e. The summed E-state index contributed by atoms with van der Waals surface area (Å²) in [5.41, 5.74) is 0.695. The van der Waals surface area contributed by atoms with Gasteiger partial charge in [0.05, 0.1) is 0 Å². The first-order valence-electron chi connectivity index (χ1n) is 5.09. The van der Waals surface area contributed by atoms with Crippen molar-refractivity contribution in [3.63, 3.8) is 0 Å². The molecule has 4 heteroatoms. The van der Waals surface area contributed by atoms with Crippen molar-refractivity contribution in [3.8, 4) is 0 Å². The maximum Gasteiger partial charge on any atom is 0.127 e. The van der Waals surface area contributed by atoms with Crippen LogP contribution in [-0.2, 0) is 6.54 Å². The number of benzene rings is 1. The molecule has 0 unspecified atom stereocenters. The molecule has 0 heterocycles. The molecule has 0 bridgehead atoms. The average molecular weight is 275 g/mol. The van der Waals surface area contributed by atoms with E-state index in [0.717, 1.165) is 24.1 Å². The highest BCUT2D eigenvalue weighted by molar-refractivity contribution is 9.10. The summed E-state index contributed by atoms with van der Waals surface area (Å²) in [7, 11) is 0. The fourth-order valence-corrected chi connectivity index (χ4v) is 1.66. The minimum atomic E-state index is -0.158. The molecule has 1 aromatic carbocycles. The Morgan fingerprint density at radius 3 is 2.73 bits per heavy atom. The standard InChI is InChI=1S/C11H16BrFN2/c1-2-14-5-6-15-8-9-7-10(12)3-4-11(9)13/h3-4,7,14-15H,2,5-6,8H2,1H3. The van der Waals surface area contributed by atoms with Gasteiger partial charge in [-0.05, 0) is 24.7 Å². The number of hydrogen-bond acceptors (Lipinski definition) is 2. The molecule has 0 amide bonds. The lowest BCUT2D eigenvalue weighted by Crippen LogP contribution is -2.27. The van der Waals surface area contributed by atoms with Gasteiger partial charge in [-0.25, -0.2) is 4.39 Å². The van der Waals surface area contributed by atoms with Crippen LogP contribution in [-0.4, -0.2) is 19.6 Å². The third-order valence-electron chi connectivity index (χ3n) is 2.05. The van der Waals surface area contributed by atoms with Gasteiger partial charge in [0.1, 0.15) is 5.82 Å². The predicted molar refractivity (Wildman–Crippen MR) is 64.4 cm³/mol. The van der Waals surface area contributed by atoms with Gasteiger partial charge in [-0.15, -0.1) is 0 Å². The molecule has 0 fully saturated rings. The van der Waals surface area contributed by atoms with Gasteiger partial charge < -0.3 is 10.6 Å². The van der Waals surface area contributed by atoms with Crippen molar-refractivity contribution in [2.24, 2.45) is 0 Å². The summed E-state index contributed by atoms with van der Waals surface area (Å²) >= 11 is 3.32. The fourth-order valence-electron chi connectivity index (χ4n) is 1.26. The number of hydrogen-bond donors (Lipinski definition) is 2. The first-order valence-corrected chi connectivity index (χ1v) is 5.88. The van der Waals surface area contributed by atoms with Crippen molar-refractivity contribution in [1.29, 1.82) is 0 Å². The van der Waals surface area contributed by atoms with Gasteiger partial charge >= 0.3 is 0 Å². The van der Waals surface area contributed by atoms with Crippen LogP contribution in [0.25, 0.3) is 0 Å². The molecule has 1 aromatic rings. The van der Waals surface area contributed by atoms with Gasteiger partial charge in [-0.2, -0.15) is 0 Å². The van der Waals surface area contributed by atoms with E-state index in [1.54, 1.807) is 12.1 Å². The van der Waals surface area contributed by atoms with E-state index in [4.69, 9.17) is 0 Å². The summed E-state index contributed by atoms with van der Waals surface area (Å²) < 4.78 is 14.2. The highest BCUT2D eigenvalue weighted by atomic mass is 79.9. The molecule has 84 valence electrons. The quantitative estimate of drug-likeness (QED) is 0.778. The Morgan fingerprint density at radius 2 is 2.00 bits per heavy atom. The van der Waals surface area contributed by atoms with E-state index in [1.807, 2.05) is 0 Å². The van der Waals surface area contributed by atoms with E-state index in [0.29, 0.717) is 12.1 Å². The van der Waals surface area contributed by atoms with Crippen LogP contribution in [0.2, 0.25) is 0 Å². The van der Waals surface area contributed by atoms with E-state index >= 15 is 0 Å². The number of likely N-dealkylation sites (N-methyl/N-ethyl adjacent to an activating group) is 1. The second kappa shape index (κ2) is 6.93. The third kappa shape index (κ3) is 4.73. The molecule has 0 aliphatic heterocycles. The minimum Gasteiger partial charge on any atom is -0.316 e. The highest BCUT2D eigenvalue weighted by Gasteiger charge is 2.01. The van der Waals surface area contributed by atoms with Crippen LogP contribution in [0, 0.1) is 5.82 Å². The van der Waals surface area contributed by atoms with E-state index in [9.17, 15) is 4.39 Å². The summed E-state index contributed by atoms with van der Waals surface area (Å²) in [6, 6.07) is 4.98. The maximum absolute atomic E-state index is 13.3. The Labute approximate surface area is 98.4 Å². The SMILES string of the molecule is CCNCCNCc1cc(Br)ccc1F. The molecular weight excluding hydrogens is 259 g/mol. The zero-order valence-electron chi connectivity index (χ0n) is 8.82. The lowest BCUT2D eigenvalue weighted by Gasteiger charge is -2.06. The van der Waals surface area contributed by atoms with Gasteiger partial charge in [0.2, 0.25) is 0 Å². The number of halogens is 2. The molecule has 0 saturated carbocycles. The summed E-state index contributed by atoms with van der Waals surface area (Å²) in [6.07, 6.45) is 0. The topological polar surface area (TPSA) is 24.1 Å². The number of rotatable bonds is 6. The second-order valence-electron chi connectivity index (χ2n) is 3.27. The molecule has 1 rings (SSSR count). The Kier molecular flexibility index (Phi) is 5.83. The van der Waals surface area contributed by atoms with Gasteiger partial charge in [-0.3, -0.25) is 0 Å². The first-order chi connectivity index (χ1) is 7.24. The summed E-state index contributed by atoms with van der Waals surface area (Å²) in [6.45, 7) is 5.35. The lowest BCUT2D eigenvalue weighted by atomic mass is 10.2. The van der Waals surface area contributed by atoms with Crippen molar-refractivity contribution < 1.29 is 4.39 Å². The van der Waals surface area contributed by atoms with Gasteiger partial charge in [0.15, 0.2) is 0 Å². The molecule has 15 heavy (non-hydrogen) atoms. The normalized spacial score (nSPS) is 10.6. The monoisotopic (exact) mass is 274 g/mol. The molecule has 0 aromatic heterocycles. The van der Waals surface area contributed by atoms with Gasteiger partial charge in [0, 0.05) is 29.7 Å². The Bertz CT molecular complexity index is 305. The van der Waals surface area contributed by atoms with Crippen LogP contribution >= 0.6 is 15.9 Å². The molecule has 0 aliphatic carbocycles. The molecular formula is C11H16BrFN2. The van der Waals surface area contributed by atoms with Crippen LogP contribution in [0.1, 0.15) is 12.5 Å².